The van der Waals surface area contributed by atoms with Gasteiger partial charge in [0.1, 0.15) is 24.6 Å². The van der Waals surface area contributed by atoms with E-state index < -0.39 is 12.1 Å². The van der Waals surface area contributed by atoms with Crippen molar-refractivity contribution in [1.29, 1.82) is 0 Å². The molecule has 0 radical (unpaired) electrons. The Morgan fingerprint density at radius 1 is 1.03 bits per heavy atom. The molecule has 0 spiro atoms. The molecule has 1 atom stereocenters. The molecule has 0 heterocycles. The van der Waals surface area contributed by atoms with E-state index in [2.05, 4.69) is 18.1 Å². The van der Waals surface area contributed by atoms with Gasteiger partial charge in [-0.3, -0.25) is 0 Å². The highest BCUT2D eigenvalue weighted by atomic mass is 16.5. The van der Waals surface area contributed by atoms with E-state index in [1.54, 1.807) is 24.3 Å². The molecule has 4 fully saturated rings. The molecule has 2 aromatic carbocycles. The number of aliphatic hydroxyl groups is 2. The van der Waals surface area contributed by atoms with Crippen LogP contribution in [0, 0.1) is 29.8 Å². The first-order chi connectivity index (χ1) is 16.0. The van der Waals surface area contributed by atoms with Crippen molar-refractivity contribution in [1.82, 2.24) is 0 Å². The van der Waals surface area contributed by atoms with E-state index in [9.17, 15) is 15.0 Å². The maximum Gasteiger partial charge on any atom is 0.352 e. The summed E-state index contributed by atoms with van der Waals surface area (Å²) in [6, 6.07) is 14.6. The Morgan fingerprint density at radius 3 is 2.33 bits per heavy atom. The van der Waals surface area contributed by atoms with Crippen molar-refractivity contribution in [2.45, 2.75) is 50.0 Å². The lowest BCUT2D eigenvalue weighted by Gasteiger charge is -2.57. The number of esters is 1. The fourth-order valence-corrected chi connectivity index (χ4v) is 6.59. The molecule has 0 aliphatic heterocycles. The second-order valence-corrected chi connectivity index (χ2v) is 10.0. The van der Waals surface area contributed by atoms with Crippen LogP contribution in [-0.4, -0.2) is 35.5 Å². The van der Waals surface area contributed by atoms with E-state index in [1.807, 2.05) is 18.2 Å². The molecule has 33 heavy (non-hydrogen) atoms. The smallest absolute Gasteiger partial charge is 0.352 e. The average molecular weight is 447 g/mol. The van der Waals surface area contributed by atoms with Gasteiger partial charge in [-0.1, -0.05) is 18.2 Å². The summed E-state index contributed by atoms with van der Waals surface area (Å²) in [5.74, 6) is 5.59. The molecule has 4 saturated carbocycles. The molecule has 2 aromatic rings. The van der Waals surface area contributed by atoms with Crippen LogP contribution in [0.2, 0.25) is 0 Å². The predicted octanol–water partition coefficient (Wildman–Crippen LogP) is 4.05. The summed E-state index contributed by atoms with van der Waals surface area (Å²) in [6.07, 6.45) is 9.17. The van der Waals surface area contributed by atoms with E-state index in [-0.39, 0.29) is 18.6 Å². The zero-order valence-corrected chi connectivity index (χ0v) is 18.7. The van der Waals surface area contributed by atoms with E-state index in [4.69, 9.17) is 9.47 Å². The summed E-state index contributed by atoms with van der Waals surface area (Å²) in [6.45, 7) is -0.279. The summed E-state index contributed by atoms with van der Waals surface area (Å²) in [7, 11) is 0. The number of rotatable bonds is 6. The third-order valence-corrected chi connectivity index (χ3v) is 7.58. The molecule has 5 nitrogen and oxygen atoms in total. The second kappa shape index (κ2) is 9.21. The zero-order valence-electron chi connectivity index (χ0n) is 18.7. The first-order valence-electron chi connectivity index (χ1n) is 11.9. The first-order valence-corrected chi connectivity index (χ1v) is 11.9. The summed E-state index contributed by atoms with van der Waals surface area (Å²) in [5.41, 5.74) is 2.46. The van der Waals surface area contributed by atoms with Gasteiger partial charge in [-0.25, -0.2) is 4.79 Å². The van der Waals surface area contributed by atoms with Gasteiger partial charge in [-0.15, -0.1) is 0 Å². The standard InChI is InChI=1S/C28H30O5/c29-17-24(30)18-33-26-7-6-19(8-9-32-27(31)23-4-2-1-3-5-23)13-25(26)28-14-20-10-21(15-28)12-22(11-20)16-28/h1-7,13,20-22,24,29-30H,10-12,14-18H2. The maximum absolute atomic E-state index is 12.2. The summed E-state index contributed by atoms with van der Waals surface area (Å²) < 4.78 is 11.1. The minimum atomic E-state index is -0.911. The van der Waals surface area contributed by atoms with Crippen LogP contribution in [-0.2, 0) is 10.2 Å². The van der Waals surface area contributed by atoms with Crippen LogP contribution in [0.4, 0.5) is 0 Å². The van der Waals surface area contributed by atoms with Crippen molar-refractivity contribution in [3.05, 3.63) is 65.2 Å². The highest BCUT2D eigenvalue weighted by molar-refractivity contribution is 5.90. The molecule has 0 aromatic heterocycles. The Morgan fingerprint density at radius 2 is 1.70 bits per heavy atom. The van der Waals surface area contributed by atoms with Gasteiger partial charge in [-0.2, -0.15) is 0 Å². The van der Waals surface area contributed by atoms with Crippen LogP contribution in [0.25, 0.3) is 0 Å². The van der Waals surface area contributed by atoms with Crippen molar-refractivity contribution in [3.63, 3.8) is 0 Å². The zero-order chi connectivity index (χ0) is 22.8. The molecule has 172 valence electrons. The van der Waals surface area contributed by atoms with Crippen molar-refractivity contribution < 1.29 is 24.5 Å². The van der Waals surface area contributed by atoms with Crippen LogP contribution in [0.5, 0.6) is 5.75 Å². The van der Waals surface area contributed by atoms with Gasteiger partial charge >= 0.3 is 5.97 Å². The molecular weight excluding hydrogens is 416 g/mol. The van der Waals surface area contributed by atoms with Gasteiger partial charge in [-0.05, 0) is 97.9 Å². The lowest BCUT2D eigenvalue weighted by molar-refractivity contribution is -0.00738. The molecule has 6 rings (SSSR count). The Balaban J connectivity index is 1.41. The van der Waals surface area contributed by atoms with E-state index in [0.717, 1.165) is 34.6 Å². The highest BCUT2D eigenvalue weighted by Gasteiger charge is 2.52. The average Bonchev–Trinajstić information content (AvgIpc) is 2.82. The summed E-state index contributed by atoms with van der Waals surface area (Å²) >= 11 is 0. The second-order valence-electron chi connectivity index (χ2n) is 10.0. The fraction of sp³-hybridized carbons (Fsp3) is 0.464. The topological polar surface area (TPSA) is 76.0 Å². The minimum absolute atomic E-state index is 0.0512. The van der Waals surface area contributed by atoms with E-state index >= 15 is 0 Å². The van der Waals surface area contributed by atoms with Gasteiger partial charge < -0.3 is 19.7 Å². The monoisotopic (exact) mass is 446 g/mol. The van der Waals surface area contributed by atoms with Crippen molar-refractivity contribution in [2.75, 3.05) is 13.2 Å². The summed E-state index contributed by atoms with van der Waals surface area (Å²) in [4.78, 5) is 12.2. The third kappa shape index (κ3) is 4.64. The lowest BCUT2D eigenvalue weighted by Crippen LogP contribution is -2.48. The van der Waals surface area contributed by atoms with Crippen molar-refractivity contribution in [2.24, 2.45) is 17.8 Å². The molecule has 2 N–H and O–H groups in total. The number of hydrogen-bond donors (Lipinski definition) is 2. The normalized spacial score (nSPS) is 28.0. The van der Waals surface area contributed by atoms with Crippen LogP contribution in [0.1, 0.15) is 60.0 Å². The van der Waals surface area contributed by atoms with Crippen LogP contribution in [0.3, 0.4) is 0 Å². The van der Waals surface area contributed by atoms with Crippen LogP contribution < -0.4 is 4.74 Å². The van der Waals surface area contributed by atoms with Crippen LogP contribution >= 0.6 is 0 Å². The Labute approximate surface area is 194 Å². The molecule has 0 saturated heterocycles. The number of ether oxygens (including phenoxy) is 2. The molecule has 0 amide bonds. The van der Waals surface area contributed by atoms with Gasteiger partial charge in [0.25, 0.3) is 0 Å². The van der Waals surface area contributed by atoms with Gasteiger partial charge in [0, 0.05) is 11.1 Å². The molecule has 4 aliphatic rings. The number of aliphatic hydroxyl groups excluding tert-OH is 2. The van der Waals surface area contributed by atoms with E-state index in [1.165, 1.54) is 38.5 Å². The van der Waals surface area contributed by atoms with Gasteiger partial charge in [0.05, 0.1) is 12.2 Å². The molecule has 4 aliphatic carbocycles. The Bertz CT molecular complexity index is 1030. The van der Waals surface area contributed by atoms with Gasteiger partial charge in [0.15, 0.2) is 0 Å². The molecule has 5 heteroatoms. The number of carbonyl (C=O) groups excluding carboxylic acids is 1. The van der Waals surface area contributed by atoms with Crippen molar-refractivity contribution in [3.8, 4) is 17.8 Å². The van der Waals surface area contributed by atoms with Crippen molar-refractivity contribution >= 4 is 5.97 Å². The largest absolute Gasteiger partial charge is 0.490 e. The van der Waals surface area contributed by atoms with Crippen LogP contribution in [0.15, 0.2) is 48.5 Å². The number of carbonyl (C=O) groups is 1. The Kier molecular flexibility index (Phi) is 6.14. The Hall–Kier alpha value is -2.81. The van der Waals surface area contributed by atoms with Gasteiger partial charge in [0.2, 0.25) is 0 Å². The third-order valence-electron chi connectivity index (χ3n) is 7.58. The predicted molar refractivity (Wildman–Crippen MR) is 124 cm³/mol. The quantitative estimate of drug-likeness (QED) is 0.517. The molecular formula is C28H30O5. The minimum Gasteiger partial charge on any atom is -0.490 e. The number of hydrogen-bond acceptors (Lipinski definition) is 5. The lowest BCUT2D eigenvalue weighted by atomic mass is 9.48. The number of benzene rings is 2. The first kappa shape index (κ1) is 22.0. The molecule has 4 bridgehead atoms. The summed E-state index contributed by atoms with van der Waals surface area (Å²) in [5, 5.41) is 19.0. The molecule has 1 unspecified atom stereocenters. The maximum atomic E-state index is 12.2. The fourth-order valence-electron chi connectivity index (χ4n) is 6.59. The van der Waals surface area contributed by atoms with E-state index in [0.29, 0.717) is 5.56 Å². The SMILES string of the molecule is O=C(OC#Cc1ccc(OCC(O)CO)c(C23CC4CC(CC(C4)C2)C3)c1)c1ccccc1. The highest BCUT2D eigenvalue weighted by Crippen LogP contribution is 2.61.